The number of fused-ring (bicyclic) bond motifs is 3. The summed E-state index contributed by atoms with van der Waals surface area (Å²) < 4.78 is 2.55. The third kappa shape index (κ3) is 2.51. The van der Waals surface area contributed by atoms with E-state index in [1.165, 1.54) is 30.5 Å². The molecule has 1 fully saturated rings. The van der Waals surface area contributed by atoms with Gasteiger partial charge in [-0.25, -0.2) is 4.92 Å². The molecule has 1 aromatic rings. The van der Waals surface area contributed by atoms with Crippen LogP contribution in [0.2, 0.25) is 13.6 Å². The summed E-state index contributed by atoms with van der Waals surface area (Å²) >= 11 is 0. The molecule has 1 saturated heterocycles. The highest BCUT2D eigenvalue weighted by atomic mass is 15.5. The first-order valence-corrected chi connectivity index (χ1v) is 9.08. The van der Waals surface area contributed by atoms with E-state index < -0.39 is 0 Å². The summed E-state index contributed by atoms with van der Waals surface area (Å²) in [6.07, 6.45) is 3.99. The van der Waals surface area contributed by atoms with Gasteiger partial charge in [-0.3, -0.25) is 5.84 Å². The van der Waals surface area contributed by atoms with Crippen LogP contribution in [0.5, 0.6) is 0 Å². The number of unbranched alkanes of at least 4 members (excludes halogenated alkanes) is 2. The van der Waals surface area contributed by atoms with E-state index in [0.29, 0.717) is 6.98 Å². The zero-order chi connectivity index (χ0) is 16.8. The van der Waals surface area contributed by atoms with Crippen LogP contribution in [0.15, 0.2) is 24.3 Å². The lowest BCUT2D eigenvalue weighted by atomic mass is 9.56. The Bertz CT molecular complexity index is 565. The van der Waals surface area contributed by atoms with E-state index in [2.05, 4.69) is 73.1 Å². The van der Waals surface area contributed by atoms with Crippen LogP contribution >= 0.6 is 0 Å². The van der Waals surface area contributed by atoms with Gasteiger partial charge in [0.05, 0.1) is 6.17 Å². The smallest absolute Gasteiger partial charge is 0.330 e. The molecule has 0 amide bonds. The van der Waals surface area contributed by atoms with Crippen molar-refractivity contribution in [2.24, 2.45) is 5.84 Å². The minimum absolute atomic E-state index is 0.0311. The monoisotopic (exact) mass is 312 g/mol. The molecule has 0 aromatic heterocycles. The quantitative estimate of drug-likeness (QED) is 0.527. The molecule has 0 spiro atoms. The van der Waals surface area contributed by atoms with E-state index in [4.69, 9.17) is 5.84 Å². The summed E-state index contributed by atoms with van der Waals surface area (Å²) in [4.78, 5) is 4.60. The number of hydrogen-bond donors (Lipinski definition) is 1. The Balaban J connectivity index is 1.96. The molecule has 1 aromatic carbocycles. The van der Waals surface area contributed by atoms with Gasteiger partial charge >= 0.3 is 14.0 Å². The van der Waals surface area contributed by atoms with Crippen molar-refractivity contribution in [3.8, 4) is 0 Å². The Kier molecular flexibility index (Phi) is 4.51. The van der Waals surface area contributed by atoms with Crippen molar-refractivity contribution in [3.05, 3.63) is 29.8 Å². The highest BCUT2D eigenvalue weighted by Crippen LogP contribution is 2.48. The Morgan fingerprint density at radius 1 is 1.13 bits per heavy atom. The molecular weight excluding hydrogens is 282 g/mol. The highest BCUT2D eigenvalue weighted by Gasteiger charge is 2.55. The number of anilines is 1. The molecule has 6 heteroatoms. The summed E-state index contributed by atoms with van der Waals surface area (Å²) in [6, 6.07) is 8.80. The largest absolute Gasteiger partial charge is 0.386 e. The molecule has 2 aliphatic rings. The number of nitrogens with zero attached hydrogens (tertiary/aromatic N) is 3. The van der Waals surface area contributed by atoms with E-state index in [0.717, 1.165) is 6.54 Å². The van der Waals surface area contributed by atoms with Gasteiger partial charge in [0.15, 0.2) is 0 Å². The first-order valence-electron chi connectivity index (χ1n) is 9.08. The lowest BCUT2D eigenvalue weighted by Crippen LogP contribution is -2.77. The standard InChI is InChI=1S/C17H30B2N4/c1-6-7-10-13-21-18(4)22-15-12-9-8-11-14(15)17(2,3)16(22)23(20)19(21)5/h8-9,11-12,16H,6-7,10,13,20H2,1-5H3. The lowest BCUT2D eigenvalue weighted by Gasteiger charge is -2.53. The predicted octanol–water partition coefficient (Wildman–Crippen LogP) is 3.03. The van der Waals surface area contributed by atoms with Gasteiger partial charge in [-0.05, 0) is 24.6 Å². The Hall–Kier alpha value is -0.970. The SMILES string of the molecule is CCCCCN1B(C)N(N)C2N(B1C)c1ccccc1C2(C)C. The topological polar surface area (TPSA) is 35.7 Å². The van der Waals surface area contributed by atoms with Crippen molar-refractivity contribution >= 4 is 19.7 Å². The van der Waals surface area contributed by atoms with Gasteiger partial charge in [-0.1, -0.05) is 65.5 Å². The average molecular weight is 312 g/mol. The minimum atomic E-state index is 0.0311. The molecule has 0 saturated carbocycles. The fraction of sp³-hybridized carbons (Fsp3) is 0.647. The number of hydrazine groups is 1. The van der Waals surface area contributed by atoms with Crippen molar-refractivity contribution in [1.29, 1.82) is 0 Å². The normalized spacial score (nSPS) is 24.1. The summed E-state index contributed by atoms with van der Waals surface area (Å²) in [6.45, 7) is 13.2. The van der Waals surface area contributed by atoms with Crippen LogP contribution in [-0.2, 0) is 5.41 Å². The van der Waals surface area contributed by atoms with Crippen molar-refractivity contribution < 1.29 is 0 Å². The Morgan fingerprint density at radius 3 is 2.52 bits per heavy atom. The molecule has 0 radical (unpaired) electrons. The third-order valence-electron chi connectivity index (χ3n) is 5.88. The minimum Gasteiger partial charge on any atom is -0.386 e. The van der Waals surface area contributed by atoms with Crippen molar-refractivity contribution in [2.45, 2.75) is 65.3 Å². The molecule has 124 valence electrons. The molecule has 0 aliphatic carbocycles. The van der Waals surface area contributed by atoms with Crippen molar-refractivity contribution in [1.82, 2.24) is 9.64 Å². The van der Waals surface area contributed by atoms with E-state index in [1.54, 1.807) is 0 Å². The van der Waals surface area contributed by atoms with E-state index in [-0.39, 0.29) is 18.6 Å². The second-order valence-electron chi connectivity index (χ2n) is 7.68. The molecule has 2 heterocycles. The maximum absolute atomic E-state index is 6.63. The van der Waals surface area contributed by atoms with Gasteiger partial charge in [0.2, 0.25) is 0 Å². The van der Waals surface area contributed by atoms with Crippen LogP contribution in [0.25, 0.3) is 0 Å². The van der Waals surface area contributed by atoms with E-state index in [1.807, 2.05) is 0 Å². The molecule has 0 bridgehead atoms. The number of rotatable bonds is 4. The van der Waals surface area contributed by atoms with Gasteiger partial charge in [0, 0.05) is 11.1 Å². The van der Waals surface area contributed by atoms with Crippen molar-refractivity contribution in [3.63, 3.8) is 0 Å². The van der Waals surface area contributed by atoms with Gasteiger partial charge in [0.1, 0.15) is 0 Å². The van der Waals surface area contributed by atoms with E-state index in [9.17, 15) is 0 Å². The van der Waals surface area contributed by atoms with Gasteiger partial charge in [0.25, 0.3) is 0 Å². The van der Waals surface area contributed by atoms with Gasteiger partial charge < -0.3 is 9.53 Å². The molecule has 3 rings (SSSR count). The molecule has 23 heavy (non-hydrogen) atoms. The first kappa shape index (κ1) is 16.9. The van der Waals surface area contributed by atoms with Crippen LogP contribution in [0.4, 0.5) is 5.69 Å². The molecule has 1 unspecified atom stereocenters. The summed E-state index contributed by atoms with van der Waals surface area (Å²) in [5.74, 6) is 6.63. The summed E-state index contributed by atoms with van der Waals surface area (Å²) in [7, 11) is 0. The van der Waals surface area contributed by atoms with Gasteiger partial charge in [-0.15, -0.1) is 0 Å². The number of benzene rings is 1. The van der Waals surface area contributed by atoms with Gasteiger partial charge in [-0.2, -0.15) is 0 Å². The third-order valence-corrected chi connectivity index (χ3v) is 5.88. The average Bonchev–Trinajstić information content (AvgIpc) is 2.77. The number of nitrogens with two attached hydrogens (primary N) is 1. The Morgan fingerprint density at radius 2 is 1.83 bits per heavy atom. The van der Waals surface area contributed by atoms with Crippen LogP contribution in [0.3, 0.4) is 0 Å². The second kappa shape index (κ2) is 6.15. The molecular formula is C17H30B2N4. The number of hydrogen-bond acceptors (Lipinski definition) is 4. The maximum atomic E-state index is 6.63. The van der Waals surface area contributed by atoms with Crippen LogP contribution in [-0.4, -0.2) is 36.3 Å². The highest BCUT2D eigenvalue weighted by molar-refractivity contribution is 6.74. The Labute approximate surface area is 142 Å². The summed E-state index contributed by atoms with van der Waals surface area (Å²) in [5.41, 5.74) is 2.79. The fourth-order valence-electron chi connectivity index (χ4n) is 4.55. The zero-order valence-electron chi connectivity index (χ0n) is 15.3. The molecule has 1 atom stereocenters. The first-order chi connectivity index (χ1) is 10.9. The zero-order valence-corrected chi connectivity index (χ0v) is 15.3. The van der Waals surface area contributed by atoms with E-state index >= 15 is 0 Å². The molecule has 2 aliphatic heterocycles. The maximum Gasteiger partial charge on any atom is 0.330 e. The molecule has 4 nitrogen and oxygen atoms in total. The van der Waals surface area contributed by atoms with Crippen LogP contribution in [0.1, 0.15) is 45.6 Å². The fourth-order valence-corrected chi connectivity index (χ4v) is 4.55. The van der Waals surface area contributed by atoms with Crippen molar-refractivity contribution in [2.75, 3.05) is 11.4 Å². The summed E-state index contributed by atoms with van der Waals surface area (Å²) in [5, 5.41) is 0. The number of para-hydroxylation sites is 1. The van der Waals surface area contributed by atoms with Crippen LogP contribution < -0.4 is 10.7 Å². The lowest BCUT2D eigenvalue weighted by molar-refractivity contribution is 0.224. The second-order valence-corrected chi connectivity index (χ2v) is 7.68. The predicted molar refractivity (Wildman–Crippen MR) is 101 cm³/mol. The van der Waals surface area contributed by atoms with Crippen LogP contribution in [0, 0.1) is 0 Å². The molecule has 2 N–H and O–H groups in total.